The molecular formula is C16H28O5Si. The van der Waals surface area contributed by atoms with Crippen molar-refractivity contribution in [2.45, 2.75) is 52.2 Å². The molecule has 5 nitrogen and oxygen atoms in total. The molecule has 0 radical (unpaired) electrons. The molecular weight excluding hydrogens is 300 g/mol. The lowest BCUT2D eigenvalue weighted by molar-refractivity contribution is -0.171. The Labute approximate surface area is 134 Å². The van der Waals surface area contributed by atoms with Crippen molar-refractivity contribution in [2.75, 3.05) is 14.2 Å². The minimum Gasteiger partial charge on any atom is -0.547 e. The Hall–Kier alpha value is -1.30. The molecule has 22 heavy (non-hydrogen) atoms. The molecule has 1 atom stereocenters. The zero-order chi connectivity index (χ0) is 17.3. The monoisotopic (exact) mass is 328 g/mol. The number of carbonyl (C=O) groups is 2. The number of methoxy groups -OCH3 is 2. The summed E-state index contributed by atoms with van der Waals surface area (Å²) < 4.78 is 16.0. The fourth-order valence-electron chi connectivity index (χ4n) is 2.43. The predicted molar refractivity (Wildman–Crippen MR) is 86.6 cm³/mol. The van der Waals surface area contributed by atoms with E-state index in [4.69, 9.17) is 13.9 Å². The van der Waals surface area contributed by atoms with E-state index in [0.717, 1.165) is 0 Å². The third-order valence-corrected chi connectivity index (χ3v) is 9.34. The van der Waals surface area contributed by atoms with Crippen molar-refractivity contribution in [2.24, 2.45) is 11.3 Å². The highest BCUT2D eigenvalue weighted by atomic mass is 28.4. The van der Waals surface area contributed by atoms with Crippen LogP contribution in [0.15, 0.2) is 11.8 Å². The Kier molecular flexibility index (Phi) is 5.17. The molecule has 1 unspecified atom stereocenters. The largest absolute Gasteiger partial charge is 0.547 e. The van der Waals surface area contributed by atoms with Gasteiger partial charge in [-0.3, -0.25) is 9.59 Å². The number of hydrogen-bond acceptors (Lipinski definition) is 5. The standard InChI is InChI=1S/C16H28O5Si/c1-11-9-12(21-22(7,8)15(2,3)4)10-16(11,13(17)19-5)14(18)20-6/h9,11H,10H2,1-8H3. The molecule has 6 heteroatoms. The van der Waals surface area contributed by atoms with Gasteiger partial charge in [-0.1, -0.05) is 27.7 Å². The molecule has 1 aliphatic carbocycles. The number of esters is 2. The SMILES string of the molecule is COC(=O)C1(C(=O)OC)CC(O[Si](C)(C)C(C)(C)C)=CC1C. The van der Waals surface area contributed by atoms with Crippen molar-refractivity contribution in [3.05, 3.63) is 11.8 Å². The van der Waals surface area contributed by atoms with Gasteiger partial charge in [0.1, 0.15) is 0 Å². The maximum atomic E-state index is 12.3. The van der Waals surface area contributed by atoms with Gasteiger partial charge in [0.15, 0.2) is 5.41 Å². The summed E-state index contributed by atoms with van der Waals surface area (Å²) in [6.07, 6.45) is 2.05. The summed E-state index contributed by atoms with van der Waals surface area (Å²) in [6, 6.07) is 0. The highest BCUT2D eigenvalue weighted by molar-refractivity contribution is 6.74. The molecule has 0 aromatic rings. The van der Waals surface area contributed by atoms with Crippen LogP contribution in [0.2, 0.25) is 18.1 Å². The third-order valence-electron chi connectivity index (χ3n) is 4.96. The molecule has 126 valence electrons. The molecule has 0 heterocycles. The van der Waals surface area contributed by atoms with E-state index in [-0.39, 0.29) is 17.4 Å². The molecule has 0 aromatic heterocycles. The summed E-state index contributed by atoms with van der Waals surface area (Å²) in [5, 5.41) is 0.0405. The van der Waals surface area contributed by atoms with Gasteiger partial charge in [-0.05, 0) is 24.2 Å². The quantitative estimate of drug-likeness (QED) is 0.450. The molecule has 0 aliphatic heterocycles. The Bertz CT molecular complexity index is 471. The Morgan fingerprint density at radius 1 is 1.18 bits per heavy atom. The van der Waals surface area contributed by atoms with E-state index in [2.05, 4.69) is 33.9 Å². The van der Waals surface area contributed by atoms with Crippen LogP contribution < -0.4 is 0 Å². The number of hydrogen-bond donors (Lipinski definition) is 0. The van der Waals surface area contributed by atoms with Crippen LogP contribution in [0.1, 0.15) is 34.1 Å². The average molecular weight is 328 g/mol. The van der Waals surface area contributed by atoms with Crippen LogP contribution in [0.3, 0.4) is 0 Å². The Balaban J connectivity index is 3.10. The predicted octanol–water partition coefficient (Wildman–Crippen LogP) is 3.26. The highest BCUT2D eigenvalue weighted by Gasteiger charge is 2.57. The van der Waals surface area contributed by atoms with Crippen molar-refractivity contribution in [3.63, 3.8) is 0 Å². The van der Waals surface area contributed by atoms with Gasteiger partial charge >= 0.3 is 11.9 Å². The van der Waals surface area contributed by atoms with E-state index in [1.54, 1.807) is 0 Å². The molecule has 0 saturated heterocycles. The maximum Gasteiger partial charge on any atom is 0.324 e. The van der Waals surface area contributed by atoms with Gasteiger partial charge in [0.25, 0.3) is 0 Å². The number of allylic oxidation sites excluding steroid dienone is 2. The van der Waals surface area contributed by atoms with Crippen molar-refractivity contribution in [1.82, 2.24) is 0 Å². The first-order valence-corrected chi connectivity index (χ1v) is 10.4. The van der Waals surface area contributed by atoms with Crippen LogP contribution >= 0.6 is 0 Å². The van der Waals surface area contributed by atoms with Crippen LogP contribution in [0.25, 0.3) is 0 Å². The number of rotatable bonds is 4. The molecule has 1 aliphatic rings. The van der Waals surface area contributed by atoms with E-state index in [1.165, 1.54) is 14.2 Å². The Morgan fingerprint density at radius 3 is 2.00 bits per heavy atom. The van der Waals surface area contributed by atoms with Gasteiger partial charge < -0.3 is 13.9 Å². The van der Waals surface area contributed by atoms with Gasteiger partial charge in [0.2, 0.25) is 8.32 Å². The molecule has 0 bridgehead atoms. The first-order valence-electron chi connectivity index (χ1n) is 7.49. The van der Waals surface area contributed by atoms with Gasteiger partial charge in [-0.2, -0.15) is 0 Å². The first kappa shape index (κ1) is 18.7. The summed E-state index contributed by atoms with van der Waals surface area (Å²) in [7, 11) is 0.544. The van der Waals surface area contributed by atoms with Crippen molar-refractivity contribution in [3.8, 4) is 0 Å². The minimum atomic E-state index is -2.02. The van der Waals surface area contributed by atoms with E-state index in [1.807, 2.05) is 13.0 Å². The number of ether oxygens (including phenoxy) is 2. The second kappa shape index (κ2) is 6.06. The average Bonchev–Trinajstić information content (AvgIpc) is 2.72. The molecule has 0 N–H and O–H groups in total. The normalized spacial score (nSPS) is 21.1. The van der Waals surface area contributed by atoms with Crippen molar-refractivity contribution in [1.29, 1.82) is 0 Å². The van der Waals surface area contributed by atoms with Crippen LogP contribution in [0.5, 0.6) is 0 Å². The van der Waals surface area contributed by atoms with Gasteiger partial charge in [-0.25, -0.2) is 0 Å². The van der Waals surface area contributed by atoms with E-state index in [0.29, 0.717) is 5.76 Å². The lowest BCUT2D eigenvalue weighted by Gasteiger charge is -2.37. The fourth-order valence-corrected chi connectivity index (χ4v) is 3.53. The molecule has 0 spiro atoms. The van der Waals surface area contributed by atoms with Crippen LogP contribution in [0, 0.1) is 11.3 Å². The molecule has 1 rings (SSSR count). The van der Waals surface area contributed by atoms with E-state index in [9.17, 15) is 9.59 Å². The molecule has 0 fully saturated rings. The summed E-state index contributed by atoms with van der Waals surface area (Å²) in [5.74, 6) is -0.782. The molecule has 0 saturated carbocycles. The van der Waals surface area contributed by atoms with Gasteiger partial charge in [0.05, 0.1) is 20.0 Å². The lowest BCUT2D eigenvalue weighted by atomic mass is 9.78. The van der Waals surface area contributed by atoms with E-state index < -0.39 is 25.7 Å². The summed E-state index contributed by atoms with van der Waals surface area (Å²) in [6.45, 7) is 12.5. The maximum absolute atomic E-state index is 12.3. The van der Waals surface area contributed by atoms with Gasteiger partial charge in [-0.15, -0.1) is 0 Å². The van der Waals surface area contributed by atoms with E-state index >= 15 is 0 Å². The van der Waals surface area contributed by atoms with Crippen molar-refractivity contribution >= 4 is 20.3 Å². The highest BCUT2D eigenvalue weighted by Crippen LogP contribution is 2.47. The third kappa shape index (κ3) is 3.07. The number of carbonyl (C=O) groups excluding carboxylic acids is 2. The van der Waals surface area contributed by atoms with Crippen LogP contribution in [-0.2, 0) is 23.5 Å². The topological polar surface area (TPSA) is 61.8 Å². The summed E-state index contributed by atoms with van der Waals surface area (Å²) in [4.78, 5) is 24.5. The smallest absolute Gasteiger partial charge is 0.324 e. The molecule has 0 amide bonds. The zero-order valence-electron chi connectivity index (χ0n) is 14.9. The lowest BCUT2D eigenvalue weighted by Crippen LogP contribution is -2.44. The van der Waals surface area contributed by atoms with Crippen LogP contribution in [-0.4, -0.2) is 34.5 Å². The van der Waals surface area contributed by atoms with Gasteiger partial charge in [0, 0.05) is 12.3 Å². The fraction of sp³-hybridized carbons (Fsp3) is 0.750. The Morgan fingerprint density at radius 2 is 1.64 bits per heavy atom. The second-order valence-corrected chi connectivity index (χ2v) is 12.1. The van der Waals surface area contributed by atoms with Crippen molar-refractivity contribution < 1.29 is 23.5 Å². The zero-order valence-corrected chi connectivity index (χ0v) is 15.9. The molecule has 0 aromatic carbocycles. The summed E-state index contributed by atoms with van der Waals surface area (Å²) in [5.41, 5.74) is -1.33. The first-order chi connectivity index (χ1) is 9.92. The van der Waals surface area contributed by atoms with Crippen LogP contribution in [0.4, 0.5) is 0 Å². The summed E-state index contributed by atoms with van der Waals surface area (Å²) >= 11 is 0. The second-order valence-electron chi connectivity index (χ2n) is 7.42. The minimum absolute atomic E-state index is 0.0405.